The number of ether oxygens (including phenoxy) is 2. The van der Waals surface area contributed by atoms with E-state index < -0.39 is 30.1 Å². The van der Waals surface area contributed by atoms with Gasteiger partial charge < -0.3 is 14.8 Å². The van der Waals surface area contributed by atoms with E-state index in [1.807, 2.05) is 66.7 Å². The van der Waals surface area contributed by atoms with Crippen LogP contribution in [0.3, 0.4) is 0 Å². The topological polar surface area (TPSA) is 99.5 Å². The zero-order valence-electron chi connectivity index (χ0n) is 20.7. The summed E-state index contributed by atoms with van der Waals surface area (Å²) in [4.78, 5) is 43.3. The maximum absolute atomic E-state index is 13.6. The average Bonchev–Trinajstić information content (AvgIpc) is 2.95. The molecule has 0 saturated heterocycles. The Hall–Kier alpha value is -4.43. The van der Waals surface area contributed by atoms with Gasteiger partial charge in [0, 0.05) is 12.0 Å². The summed E-state index contributed by atoms with van der Waals surface area (Å²) < 4.78 is 11.6. The number of rotatable bonds is 10. The molecule has 38 heavy (non-hydrogen) atoms. The zero-order chi connectivity index (χ0) is 26.9. The van der Waals surface area contributed by atoms with Gasteiger partial charge >= 0.3 is 11.9 Å². The molecular weight excluding hydrogens is 506 g/mol. The molecule has 194 valence electrons. The minimum absolute atomic E-state index is 0.0162. The zero-order valence-corrected chi connectivity index (χ0v) is 21.4. The minimum atomic E-state index is -0.917. The molecule has 1 unspecified atom stereocenters. The Kier molecular flexibility index (Phi) is 8.89. The van der Waals surface area contributed by atoms with Gasteiger partial charge in [0.05, 0.1) is 12.8 Å². The van der Waals surface area contributed by atoms with Crippen molar-refractivity contribution in [3.63, 3.8) is 0 Å². The summed E-state index contributed by atoms with van der Waals surface area (Å²) >= 11 is 6.58. The quantitative estimate of drug-likeness (QED) is 0.301. The van der Waals surface area contributed by atoms with E-state index in [1.54, 1.807) is 24.3 Å². The number of nitrogens with one attached hydrogen (secondary N) is 1. The highest BCUT2D eigenvalue weighted by Crippen LogP contribution is 2.26. The van der Waals surface area contributed by atoms with E-state index in [0.29, 0.717) is 5.56 Å². The first-order valence-corrected chi connectivity index (χ1v) is 12.3. The summed E-state index contributed by atoms with van der Waals surface area (Å²) in [6.07, 6.45) is 0.242. The van der Waals surface area contributed by atoms with Gasteiger partial charge in [-0.15, -0.1) is 0 Å². The predicted molar refractivity (Wildman–Crippen MR) is 145 cm³/mol. The standard InChI is InChI=1S/C29H26ClN3O5/c1-37-29(36)23(17-20-11-5-2-6-12-20)31-27-28(35)33(18-24(34)38-19-21-13-7-3-8-14-21)25(26(30)32-27)22-15-9-4-10-16-22/h2-16,23H,17-19H2,1H3,(H,31,32). The summed E-state index contributed by atoms with van der Waals surface area (Å²) in [5.41, 5.74) is 1.89. The molecule has 0 aliphatic heterocycles. The van der Waals surface area contributed by atoms with Crippen molar-refractivity contribution >= 4 is 29.4 Å². The van der Waals surface area contributed by atoms with Gasteiger partial charge in [-0.1, -0.05) is 103 Å². The number of esters is 2. The number of anilines is 1. The normalized spacial score (nSPS) is 11.4. The fourth-order valence-electron chi connectivity index (χ4n) is 3.92. The van der Waals surface area contributed by atoms with Gasteiger partial charge in [-0.25, -0.2) is 9.78 Å². The molecule has 9 heteroatoms. The molecule has 0 amide bonds. The van der Waals surface area contributed by atoms with Gasteiger partial charge in [0.25, 0.3) is 5.56 Å². The molecule has 0 radical (unpaired) electrons. The molecule has 1 aromatic heterocycles. The van der Waals surface area contributed by atoms with Crippen LogP contribution in [0.15, 0.2) is 95.8 Å². The van der Waals surface area contributed by atoms with Crippen LogP contribution in [0.25, 0.3) is 11.3 Å². The molecule has 0 spiro atoms. The molecule has 4 rings (SSSR count). The molecule has 8 nitrogen and oxygen atoms in total. The van der Waals surface area contributed by atoms with E-state index in [9.17, 15) is 14.4 Å². The molecule has 4 aromatic rings. The lowest BCUT2D eigenvalue weighted by Crippen LogP contribution is -2.38. The predicted octanol–water partition coefficient (Wildman–Crippen LogP) is 4.50. The second-order valence-electron chi connectivity index (χ2n) is 8.41. The van der Waals surface area contributed by atoms with Gasteiger partial charge in [-0.05, 0) is 11.1 Å². The van der Waals surface area contributed by atoms with Crippen LogP contribution in [0.1, 0.15) is 11.1 Å². The highest BCUT2D eigenvalue weighted by Gasteiger charge is 2.25. The van der Waals surface area contributed by atoms with Crippen LogP contribution in [0.2, 0.25) is 5.15 Å². The van der Waals surface area contributed by atoms with E-state index in [4.69, 9.17) is 21.1 Å². The maximum Gasteiger partial charge on any atom is 0.328 e. The van der Waals surface area contributed by atoms with Crippen molar-refractivity contribution in [3.8, 4) is 11.3 Å². The van der Waals surface area contributed by atoms with Crippen LogP contribution >= 0.6 is 11.6 Å². The Morgan fingerprint density at radius 2 is 1.50 bits per heavy atom. The molecule has 0 bridgehead atoms. The largest absolute Gasteiger partial charge is 0.467 e. The number of nitrogens with zero attached hydrogens (tertiary/aromatic N) is 2. The van der Waals surface area contributed by atoms with E-state index in [0.717, 1.165) is 11.1 Å². The molecule has 0 aliphatic carbocycles. The van der Waals surface area contributed by atoms with E-state index in [1.165, 1.54) is 11.7 Å². The van der Waals surface area contributed by atoms with E-state index in [-0.39, 0.29) is 29.7 Å². The first-order chi connectivity index (χ1) is 18.5. The highest BCUT2D eigenvalue weighted by atomic mass is 35.5. The lowest BCUT2D eigenvalue weighted by Gasteiger charge is -2.20. The SMILES string of the molecule is COC(=O)C(Cc1ccccc1)Nc1nc(Cl)c(-c2ccccc2)n(CC(=O)OCc2ccccc2)c1=O. The average molecular weight is 532 g/mol. The Bertz CT molecular complexity index is 1440. The van der Waals surface area contributed by atoms with E-state index >= 15 is 0 Å². The molecule has 0 aliphatic rings. The third kappa shape index (κ3) is 6.66. The molecule has 1 atom stereocenters. The van der Waals surface area contributed by atoms with Gasteiger partial charge in [0.2, 0.25) is 0 Å². The lowest BCUT2D eigenvalue weighted by atomic mass is 10.1. The number of methoxy groups -OCH3 is 1. The van der Waals surface area contributed by atoms with Crippen LogP contribution in [-0.2, 0) is 38.6 Å². The van der Waals surface area contributed by atoms with Crippen molar-refractivity contribution in [2.24, 2.45) is 0 Å². The number of halogens is 1. The maximum atomic E-state index is 13.6. The first-order valence-electron chi connectivity index (χ1n) is 11.9. The number of hydrogen-bond acceptors (Lipinski definition) is 7. The Morgan fingerprint density at radius 3 is 2.11 bits per heavy atom. The molecule has 0 fully saturated rings. The summed E-state index contributed by atoms with van der Waals surface area (Å²) in [6, 6.07) is 26.5. The summed E-state index contributed by atoms with van der Waals surface area (Å²) in [5, 5.41) is 2.87. The van der Waals surface area contributed by atoms with Gasteiger partial charge in [-0.3, -0.25) is 14.2 Å². The van der Waals surface area contributed by atoms with Crippen molar-refractivity contribution < 1.29 is 19.1 Å². The fourth-order valence-corrected chi connectivity index (χ4v) is 4.21. The molecule has 0 saturated carbocycles. The number of carbonyl (C=O) groups is 2. The fraction of sp³-hybridized carbons (Fsp3) is 0.172. The van der Waals surface area contributed by atoms with Gasteiger partial charge in [0.15, 0.2) is 11.0 Å². The molecule has 3 aromatic carbocycles. The smallest absolute Gasteiger partial charge is 0.328 e. The van der Waals surface area contributed by atoms with Crippen molar-refractivity contribution in [3.05, 3.63) is 118 Å². The molecule has 1 heterocycles. The first kappa shape index (κ1) is 26.6. The number of benzene rings is 3. The lowest BCUT2D eigenvalue weighted by molar-refractivity contribution is -0.145. The Balaban J connectivity index is 1.68. The van der Waals surface area contributed by atoms with E-state index in [2.05, 4.69) is 10.3 Å². The summed E-state index contributed by atoms with van der Waals surface area (Å²) in [7, 11) is 1.27. The second-order valence-corrected chi connectivity index (χ2v) is 8.77. The number of hydrogen-bond donors (Lipinski definition) is 1. The van der Waals surface area contributed by atoms with Crippen molar-refractivity contribution in [2.75, 3.05) is 12.4 Å². The van der Waals surface area contributed by atoms with Crippen molar-refractivity contribution in [1.82, 2.24) is 9.55 Å². The summed E-state index contributed by atoms with van der Waals surface area (Å²) in [5.74, 6) is -1.39. The number of aromatic nitrogens is 2. The Morgan fingerprint density at radius 1 is 0.921 bits per heavy atom. The third-order valence-corrected chi connectivity index (χ3v) is 6.04. The van der Waals surface area contributed by atoms with Gasteiger partial charge in [0.1, 0.15) is 19.2 Å². The summed E-state index contributed by atoms with van der Waals surface area (Å²) in [6.45, 7) is -0.352. The Labute approximate surface area is 224 Å². The minimum Gasteiger partial charge on any atom is -0.467 e. The number of carbonyl (C=O) groups excluding carboxylic acids is 2. The van der Waals surface area contributed by atoms with Crippen LogP contribution in [0.4, 0.5) is 5.82 Å². The monoisotopic (exact) mass is 531 g/mol. The van der Waals surface area contributed by atoms with Gasteiger partial charge in [-0.2, -0.15) is 0 Å². The molecular formula is C29H26ClN3O5. The second kappa shape index (κ2) is 12.7. The van der Waals surface area contributed by atoms with Crippen molar-refractivity contribution in [2.45, 2.75) is 25.6 Å². The van der Waals surface area contributed by atoms with Crippen LogP contribution in [-0.4, -0.2) is 34.6 Å². The van der Waals surface area contributed by atoms with Crippen molar-refractivity contribution in [1.29, 1.82) is 0 Å². The molecule has 1 N–H and O–H groups in total. The van der Waals surface area contributed by atoms with Crippen LogP contribution in [0, 0.1) is 0 Å². The third-order valence-electron chi connectivity index (χ3n) is 5.78. The van der Waals surface area contributed by atoms with Crippen LogP contribution < -0.4 is 10.9 Å². The van der Waals surface area contributed by atoms with Crippen LogP contribution in [0.5, 0.6) is 0 Å². The highest BCUT2D eigenvalue weighted by molar-refractivity contribution is 6.32.